The summed E-state index contributed by atoms with van der Waals surface area (Å²) in [7, 11) is 1.85. The molecule has 1 fully saturated rings. The van der Waals surface area contributed by atoms with E-state index in [-0.39, 0.29) is 11.8 Å². The molecule has 1 saturated carbocycles. The van der Waals surface area contributed by atoms with E-state index >= 15 is 0 Å². The minimum Gasteiger partial charge on any atom is -0.351 e. The topological polar surface area (TPSA) is 75.0 Å². The molecule has 130 valence electrons. The van der Waals surface area contributed by atoms with Gasteiger partial charge in [-0.1, -0.05) is 23.2 Å². The minimum atomic E-state index is 0.223. The molecule has 1 N–H and O–H groups in total. The zero-order valence-corrected chi connectivity index (χ0v) is 14.6. The Morgan fingerprint density at radius 1 is 1.36 bits per heavy atom. The maximum absolute atomic E-state index is 12.2. The van der Waals surface area contributed by atoms with Crippen molar-refractivity contribution in [3.05, 3.63) is 35.7 Å². The van der Waals surface area contributed by atoms with Crippen LogP contribution in [0.15, 0.2) is 28.8 Å². The smallest absolute Gasteiger partial charge is 0.274 e. The van der Waals surface area contributed by atoms with Crippen LogP contribution in [-0.4, -0.2) is 39.5 Å². The van der Waals surface area contributed by atoms with Gasteiger partial charge in [0.15, 0.2) is 5.82 Å². The number of H-pyrrole nitrogens is 1. The van der Waals surface area contributed by atoms with Crippen molar-refractivity contribution < 1.29 is 9.32 Å². The van der Waals surface area contributed by atoms with Gasteiger partial charge in [-0.3, -0.25) is 4.79 Å². The standard InChI is InChI=1S/C19H22N4O2/c1-12-6-7-15-14(10-12)11-16(20-15)18-21-17(22-25-18)8-9-23(2)19(24)13-4-3-5-13/h6-7,10-11,13,20H,3-5,8-9H2,1-2H3. The van der Waals surface area contributed by atoms with Crippen molar-refractivity contribution in [3.8, 4) is 11.6 Å². The number of likely N-dealkylation sites (N-methyl/N-ethyl adjacent to an activating group) is 1. The van der Waals surface area contributed by atoms with E-state index in [9.17, 15) is 4.79 Å². The zero-order chi connectivity index (χ0) is 17.4. The second-order valence-electron chi connectivity index (χ2n) is 6.93. The normalized spacial score (nSPS) is 14.6. The lowest BCUT2D eigenvalue weighted by molar-refractivity contribution is -0.136. The lowest BCUT2D eigenvalue weighted by atomic mass is 9.84. The molecule has 6 heteroatoms. The summed E-state index contributed by atoms with van der Waals surface area (Å²) in [6.07, 6.45) is 3.81. The van der Waals surface area contributed by atoms with E-state index in [0.717, 1.165) is 29.4 Å². The maximum Gasteiger partial charge on any atom is 0.274 e. The summed E-state index contributed by atoms with van der Waals surface area (Å²) in [5, 5.41) is 5.17. The first-order chi connectivity index (χ1) is 12.1. The summed E-state index contributed by atoms with van der Waals surface area (Å²) in [5.41, 5.74) is 3.08. The predicted octanol–water partition coefficient (Wildman–Crippen LogP) is 3.33. The molecule has 2 aromatic heterocycles. The monoisotopic (exact) mass is 338 g/mol. The predicted molar refractivity (Wildman–Crippen MR) is 95.0 cm³/mol. The van der Waals surface area contributed by atoms with Gasteiger partial charge in [0.2, 0.25) is 5.91 Å². The van der Waals surface area contributed by atoms with Crippen LogP contribution in [-0.2, 0) is 11.2 Å². The molecule has 0 saturated heterocycles. The molecule has 0 radical (unpaired) electrons. The number of nitrogens with zero attached hydrogens (tertiary/aromatic N) is 3. The lowest BCUT2D eigenvalue weighted by Gasteiger charge is -2.28. The molecule has 2 heterocycles. The highest BCUT2D eigenvalue weighted by molar-refractivity contribution is 5.85. The molecule has 1 aromatic carbocycles. The van der Waals surface area contributed by atoms with Crippen molar-refractivity contribution in [1.82, 2.24) is 20.0 Å². The largest absolute Gasteiger partial charge is 0.351 e. The zero-order valence-electron chi connectivity index (χ0n) is 14.6. The van der Waals surface area contributed by atoms with E-state index in [1.54, 1.807) is 4.90 Å². The molecule has 1 aliphatic carbocycles. The molecule has 25 heavy (non-hydrogen) atoms. The number of fused-ring (bicyclic) bond motifs is 1. The Morgan fingerprint density at radius 3 is 2.96 bits per heavy atom. The van der Waals surface area contributed by atoms with Gasteiger partial charge >= 0.3 is 0 Å². The van der Waals surface area contributed by atoms with Gasteiger partial charge in [-0.05, 0) is 38.0 Å². The van der Waals surface area contributed by atoms with Crippen LogP contribution in [0.1, 0.15) is 30.7 Å². The Kier molecular flexibility index (Phi) is 4.03. The molecule has 4 rings (SSSR count). The number of hydrogen-bond acceptors (Lipinski definition) is 4. The van der Waals surface area contributed by atoms with Crippen molar-refractivity contribution in [3.63, 3.8) is 0 Å². The molecule has 0 spiro atoms. The van der Waals surface area contributed by atoms with E-state index < -0.39 is 0 Å². The van der Waals surface area contributed by atoms with E-state index in [0.29, 0.717) is 24.7 Å². The molecular weight excluding hydrogens is 316 g/mol. The van der Waals surface area contributed by atoms with Gasteiger partial charge in [-0.25, -0.2) is 0 Å². The van der Waals surface area contributed by atoms with Crippen LogP contribution in [0.5, 0.6) is 0 Å². The Morgan fingerprint density at radius 2 is 2.20 bits per heavy atom. The Bertz CT molecular complexity index is 907. The van der Waals surface area contributed by atoms with Gasteiger partial charge in [-0.2, -0.15) is 4.98 Å². The Balaban J connectivity index is 1.43. The summed E-state index contributed by atoms with van der Waals surface area (Å²) in [4.78, 5) is 21.7. The molecular formula is C19H22N4O2. The van der Waals surface area contributed by atoms with Crippen LogP contribution < -0.4 is 0 Å². The number of aromatic amines is 1. The van der Waals surface area contributed by atoms with Gasteiger partial charge in [0.25, 0.3) is 5.89 Å². The molecule has 1 amide bonds. The summed E-state index contributed by atoms with van der Waals surface area (Å²) >= 11 is 0. The fraction of sp³-hybridized carbons (Fsp3) is 0.421. The first-order valence-corrected chi connectivity index (χ1v) is 8.77. The molecule has 0 atom stereocenters. The van der Waals surface area contributed by atoms with Crippen LogP contribution >= 0.6 is 0 Å². The summed E-state index contributed by atoms with van der Waals surface area (Å²) in [6, 6.07) is 8.25. The number of aryl methyl sites for hydroxylation is 1. The van der Waals surface area contributed by atoms with Gasteiger partial charge < -0.3 is 14.4 Å². The number of hydrogen-bond donors (Lipinski definition) is 1. The van der Waals surface area contributed by atoms with E-state index in [2.05, 4.69) is 34.2 Å². The second-order valence-corrected chi connectivity index (χ2v) is 6.93. The van der Waals surface area contributed by atoms with Gasteiger partial charge in [0.05, 0.1) is 0 Å². The first kappa shape index (κ1) is 15.9. The lowest BCUT2D eigenvalue weighted by Crippen LogP contribution is -2.37. The average molecular weight is 338 g/mol. The number of carbonyl (C=O) groups excluding carboxylic acids is 1. The number of aromatic nitrogens is 3. The van der Waals surface area contributed by atoms with Crippen molar-refractivity contribution in [1.29, 1.82) is 0 Å². The van der Waals surface area contributed by atoms with Crippen molar-refractivity contribution >= 4 is 16.8 Å². The third kappa shape index (κ3) is 3.16. The van der Waals surface area contributed by atoms with Gasteiger partial charge in [0.1, 0.15) is 5.69 Å². The van der Waals surface area contributed by atoms with Crippen LogP contribution in [0.2, 0.25) is 0 Å². The molecule has 3 aromatic rings. The van der Waals surface area contributed by atoms with E-state index in [4.69, 9.17) is 4.52 Å². The van der Waals surface area contributed by atoms with Crippen molar-refractivity contribution in [2.45, 2.75) is 32.6 Å². The third-order valence-electron chi connectivity index (χ3n) is 4.98. The summed E-state index contributed by atoms with van der Waals surface area (Å²) < 4.78 is 5.39. The number of amides is 1. The van der Waals surface area contributed by atoms with Crippen LogP contribution in [0.3, 0.4) is 0 Å². The van der Waals surface area contributed by atoms with Gasteiger partial charge in [0, 0.05) is 36.8 Å². The van der Waals surface area contributed by atoms with E-state index in [1.165, 1.54) is 12.0 Å². The number of rotatable bonds is 5. The quantitative estimate of drug-likeness (QED) is 0.774. The minimum absolute atomic E-state index is 0.223. The molecule has 1 aliphatic rings. The average Bonchev–Trinajstić information content (AvgIpc) is 3.16. The number of benzene rings is 1. The molecule has 0 unspecified atom stereocenters. The van der Waals surface area contributed by atoms with Crippen LogP contribution in [0, 0.1) is 12.8 Å². The van der Waals surface area contributed by atoms with Crippen LogP contribution in [0.4, 0.5) is 0 Å². The van der Waals surface area contributed by atoms with E-state index in [1.807, 2.05) is 19.2 Å². The molecule has 0 aliphatic heterocycles. The summed E-state index contributed by atoms with van der Waals surface area (Å²) in [6.45, 7) is 2.68. The highest BCUT2D eigenvalue weighted by Crippen LogP contribution is 2.28. The Hall–Kier alpha value is -2.63. The highest BCUT2D eigenvalue weighted by Gasteiger charge is 2.27. The van der Waals surface area contributed by atoms with Gasteiger partial charge in [-0.15, -0.1) is 0 Å². The SMILES string of the molecule is Cc1ccc2[nH]c(-c3nc(CCN(C)C(=O)C4CCC4)no3)cc2c1. The van der Waals surface area contributed by atoms with Crippen molar-refractivity contribution in [2.75, 3.05) is 13.6 Å². The third-order valence-corrected chi connectivity index (χ3v) is 4.98. The maximum atomic E-state index is 12.2. The highest BCUT2D eigenvalue weighted by atomic mass is 16.5. The fourth-order valence-corrected chi connectivity index (χ4v) is 3.18. The number of nitrogens with one attached hydrogen (secondary N) is 1. The molecule has 6 nitrogen and oxygen atoms in total. The first-order valence-electron chi connectivity index (χ1n) is 8.77. The molecule has 0 bridgehead atoms. The summed E-state index contributed by atoms with van der Waals surface area (Å²) in [5.74, 6) is 1.57. The Labute approximate surface area is 146 Å². The number of carbonyl (C=O) groups is 1. The second kappa shape index (κ2) is 6.35. The van der Waals surface area contributed by atoms with Crippen LogP contribution in [0.25, 0.3) is 22.5 Å². The van der Waals surface area contributed by atoms with Crippen molar-refractivity contribution in [2.24, 2.45) is 5.92 Å². The fourth-order valence-electron chi connectivity index (χ4n) is 3.18.